The van der Waals surface area contributed by atoms with E-state index in [4.69, 9.17) is 11.6 Å². The first kappa shape index (κ1) is 17.4. The van der Waals surface area contributed by atoms with Crippen molar-refractivity contribution in [2.45, 2.75) is 37.5 Å². The first-order chi connectivity index (χ1) is 14.7. The predicted octanol–water partition coefficient (Wildman–Crippen LogP) is 7.81. The first-order valence-corrected chi connectivity index (χ1v) is 11.9. The van der Waals surface area contributed by atoms with Crippen molar-refractivity contribution in [3.63, 3.8) is 0 Å². The van der Waals surface area contributed by atoms with Crippen molar-refractivity contribution in [2.75, 3.05) is 5.32 Å². The van der Waals surface area contributed by atoms with Crippen LogP contribution in [0.2, 0.25) is 5.02 Å². The van der Waals surface area contributed by atoms with Gasteiger partial charge in [0, 0.05) is 16.7 Å². The highest BCUT2D eigenvalue weighted by molar-refractivity contribution is 6.33. The molecule has 0 amide bonds. The van der Waals surface area contributed by atoms with Crippen LogP contribution in [-0.4, -0.2) is 0 Å². The third kappa shape index (κ3) is 2.15. The second kappa shape index (κ2) is 6.14. The largest absolute Gasteiger partial charge is 0.354 e. The van der Waals surface area contributed by atoms with E-state index in [-0.39, 0.29) is 5.41 Å². The van der Waals surface area contributed by atoms with Gasteiger partial charge in [0.25, 0.3) is 0 Å². The van der Waals surface area contributed by atoms with Gasteiger partial charge >= 0.3 is 0 Å². The Labute approximate surface area is 183 Å². The Morgan fingerprint density at radius 1 is 0.667 bits per heavy atom. The Balaban J connectivity index is 1.46. The number of halogens is 1. The van der Waals surface area contributed by atoms with Gasteiger partial charge in [-0.25, -0.2) is 0 Å². The van der Waals surface area contributed by atoms with E-state index in [9.17, 15) is 0 Å². The van der Waals surface area contributed by atoms with Gasteiger partial charge in [-0.3, -0.25) is 0 Å². The first-order valence-electron chi connectivity index (χ1n) is 11.5. The summed E-state index contributed by atoms with van der Waals surface area (Å²) in [4.78, 5) is 0. The van der Waals surface area contributed by atoms with Crippen LogP contribution in [0.15, 0.2) is 66.7 Å². The van der Waals surface area contributed by atoms with Crippen LogP contribution < -0.4 is 5.32 Å². The summed E-state index contributed by atoms with van der Waals surface area (Å²) in [6.45, 7) is 0. The molecule has 3 aromatic carbocycles. The molecule has 1 nitrogen and oxygen atoms in total. The van der Waals surface area contributed by atoms with Gasteiger partial charge in [0.2, 0.25) is 0 Å². The molecule has 2 heteroatoms. The molecule has 150 valence electrons. The zero-order valence-electron chi connectivity index (χ0n) is 17.1. The molecule has 0 heterocycles. The van der Waals surface area contributed by atoms with Crippen LogP contribution in [0.25, 0.3) is 11.1 Å². The Kier molecular flexibility index (Phi) is 3.57. The molecule has 5 aliphatic rings. The summed E-state index contributed by atoms with van der Waals surface area (Å²) < 4.78 is 0. The van der Waals surface area contributed by atoms with Gasteiger partial charge in [-0.05, 0) is 90.7 Å². The van der Waals surface area contributed by atoms with Crippen molar-refractivity contribution in [3.05, 3.63) is 82.9 Å². The van der Waals surface area contributed by atoms with Crippen molar-refractivity contribution >= 4 is 23.0 Å². The second-order valence-electron chi connectivity index (χ2n) is 10.1. The van der Waals surface area contributed by atoms with E-state index in [0.29, 0.717) is 0 Å². The lowest BCUT2D eigenvalue weighted by Gasteiger charge is -2.61. The monoisotopic (exact) mass is 411 g/mol. The van der Waals surface area contributed by atoms with Gasteiger partial charge in [-0.1, -0.05) is 60.1 Å². The van der Waals surface area contributed by atoms with Crippen LogP contribution in [0.4, 0.5) is 11.4 Å². The molecule has 4 saturated carbocycles. The summed E-state index contributed by atoms with van der Waals surface area (Å²) in [5, 5.41) is 4.46. The lowest BCUT2D eigenvalue weighted by atomic mass is 9.43. The number of nitrogens with one attached hydrogen (secondary N) is 1. The van der Waals surface area contributed by atoms with Crippen molar-refractivity contribution in [1.29, 1.82) is 0 Å². The van der Waals surface area contributed by atoms with Crippen LogP contribution in [0, 0.1) is 23.7 Å². The highest BCUT2D eigenvalue weighted by Gasteiger charge is 2.61. The average Bonchev–Trinajstić information content (AvgIpc) is 3.05. The molecular weight excluding hydrogens is 386 g/mol. The lowest BCUT2D eigenvalue weighted by molar-refractivity contribution is -0.0399. The standard InChI is InChI=1S/C28H26ClN/c29-24-9-3-4-10-25(24)30-26-11-5-8-23-27(26)21-6-1-2-7-22(21)28(23)19-13-17-12-18(15-19)16-20(28)14-17/h1-11,17-20,30H,12-16H2. The van der Waals surface area contributed by atoms with Gasteiger partial charge in [0.15, 0.2) is 0 Å². The molecule has 0 aromatic heterocycles. The third-order valence-electron chi connectivity index (χ3n) is 8.72. The molecular formula is C28H26ClN. The van der Waals surface area contributed by atoms with Gasteiger partial charge in [0.05, 0.1) is 10.7 Å². The van der Waals surface area contributed by atoms with Crippen molar-refractivity contribution in [3.8, 4) is 11.1 Å². The Bertz CT molecular complexity index is 1130. The minimum absolute atomic E-state index is 0.220. The number of hydrogen-bond donors (Lipinski definition) is 1. The number of rotatable bonds is 2. The molecule has 3 aromatic rings. The van der Waals surface area contributed by atoms with E-state index >= 15 is 0 Å². The fourth-order valence-corrected chi connectivity index (χ4v) is 8.20. The van der Waals surface area contributed by atoms with Crippen LogP contribution in [-0.2, 0) is 5.41 Å². The zero-order chi connectivity index (χ0) is 19.9. The van der Waals surface area contributed by atoms with Crippen LogP contribution in [0.5, 0.6) is 0 Å². The van der Waals surface area contributed by atoms with Crippen molar-refractivity contribution in [1.82, 2.24) is 0 Å². The number of hydrogen-bond acceptors (Lipinski definition) is 1. The highest BCUT2D eigenvalue weighted by atomic mass is 35.5. The van der Waals surface area contributed by atoms with E-state index < -0.39 is 0 Å². The summed E-state index contributed by atoms with van der Waals surface area (Å²) in [5.41, 5.74) is 8.43. The highest BCUT2D eigenvalue weighted by Crippen LogP contribution is 2.69. The van der Waals surface area contributed by atoms with E-state index in [1.165, 1.54) is 48.9 Å². The van der Waals surface area contributed by atoms with E-state index in [2.05, 4.69) is 53.8 Å². The molecule has 30 heavy (non-hydrogen) atoms. The van der Waals surface area contributed by atoms with Gasteiger partial charge in [0.1, 0.15) is 0 Å². The van der Waals surface area contributed by atoms with E-state index in [1.807, 2.05) is 18.2 Å². The number of anilines is 2. The average molecular weight is 412 g/mol. The maximum absolute atomic E-state index is 6.50. The summed E-state index contributed by atoms with van der Waals surface area (Å²) in [6.07, 6.45) is 7.17. The topological polar surface area (TPSA) is 12.0 Å². The summed E-state index contributed by atoms with van der Waals surface area (Å²) in [6, 6.07) is 24.3. The fraction of sp³-hybridized carbons (Fsp3) is 0.357. The molecule has 0 atom stereocenters. The molecule has 0 unspecified atom stereocenters. The Hall–Kier alpha value is -2.25. The molecule has 4 fully saturated rings. The molecule has 1 N–H and O–H groups in total. The summed E-state index contributed by atoms with van der Waals surface area (Å²) in [5.74, 6) is 3.54. The van der Waals surface area contributed by atoms with Crippen LogP contribution >= 0.6 is 11.6 Å². The smallest absolute Gasteiger partial charge is 0.0640 e. The molecule has 0 radical (unpaired) electrons. The zero-order valence-corrected chi connectivity index (χ0v) is 17.8. The minimum atomic E-state index is 0.220. The predicted molar refractivity (Wildman–Crippen MR) is 124 cm³/mol. The van der Waals surface area contributed by atoms with Crippen LogP contribution in [0.1, 0.15) is 43.2 Å². The maximum Gasteiger partial charge on any atom is 0.0640 e. The molecule has 5 aliphatic carbocycles. The molecule has 0 aliphatic heterocycles. The summed E-state index contributed by atoms with van der Waals surface area (Å²) in [7, 11) is 0. The van der Waals surface area contributed by atoms with E-state index in [1.54, 1.807) is 11.1 Å². The number of para-hydroxylation sites is 1. The Morgan fingerprint density at radius 2 is 1.30 bits per heavy atom. The molecule has 1 spiro atoms. The molecule has 0 saturated heterocycles. The fourth-order valence-electron chi connectivity index (χ4n) is 8.01. The molecule has 4 bridgehead atoms. The quantitative estimate of drug-likeness (QED) is 0.453. The number of benzene rings is 3. The van der Waals surface area contributed by atoms with Crippen LogP contribution in [0.3, 0.4) is 0 Å². The van der Waals surface area contributed by atoms with Crippen molar-refractivity contribution in [2.24, 2.45) is 23.7 Å². The van der Waals surface area contributed by atoms with Gasteiger partial charge < -0.3 is 5.32 Å². The normalized spacial score (nSPS) is 32.3. The summed E-state index contributed by atoms with van der Waals surface area (Å²) >= 11 is 6.50. The van der Waals surface area contributed by atoms with Gasteiger partial charge in [-0.2, -0.15) is 0 Å². The SMILES string of the molecule is Clc1ccccc1Nc1cccc2c1-c1ccccc1C21C2CC3CC(C2)CC1C3. The second-order valence-corrected chi connectivity index (χ2v) is 10.5. The maximum atomic E-state index is 6.50. The third-order valence-corrected chi connectivity index (χ3v) is 9.05. The van der Waals surface area contributed by atoms with Gasteiger partial charge in [-0.15, -0.1) is 0 Å². The lowest BCUT2D eigenvalue weighted by Crippen LogP contribution is -2.55. The van der Waals surface area contributed by atoms with Crippen molar-refractivity contribution < 1.29 is 0 Å². The van der Waals surface area contributed by atoms with E-state index in [0.717, 1.165) is 34.4 Å². The minimum Gasteiger partial charge on any atom is -0.354 e. The molecule has 8 rings (SSSR count). The number of fused-ring (bicyclic) bond motifs is 3. The Morgan fingerprint density at radius 3 is 2.07 bits per heavy atom.